The second kappa shape index (κ2) is 10.3. The van der Waals surface area contributed by atoms with Gasteiger partial charge in [-0.25, -0.2) is 0 Å². The van der Waals surface area contributed by atoms with Crippen LogP contribution in [0, 0.1) is 5.92 Å². The number of amides is 3. The number of ether oxygens (including phenoxy) is 1. The minimum absolute atomic E-state index is 0.120. The van der Waals surface area contributed by atoms with Crippen LogP contribution in [0.3, 0.4) is 0 Å². The van der Waals surface area contributed by atoms with E-state index in [9.17, 15) is 14.4 Å². The lowest BCUT2D eigenvalue weighted by atomic mass is 10.1. The average Bonchev–Trinajstić information content (AvgIpc) is 3.16. The molecular weight excluding hydrogens is 441 g/mol. The highest BCUT2D eigenvalue weighted by Crippen LogP contribution is 2.30. The van der Waals surface area contributed by atoms with Crippen molar-refractivity contribution < 1.29 is 19.1 Å². The summed E-state index contributed by atoms with van der Waals surface area (Å²) in [6, 6.07) is 11.7. The Morgan fingerprint density at radius 1 is 1.19 bits per heavy atom. The van der Waals surface area contributed by atoms with Crippen LogP contribution in [0.4, 0.5) is 11.4 Å². The number of carbonyl (C=O) groups excluding carboxylic acids is 3. The molecule has 2 aromatic carbocycles. The van der Waals surface area contributed by atoms with Gasteiger partial charge in [-0.05, 0) is 36.4 Å². The number of nitrogens with zero attached hydrogens (tertiary/aromatic N) is 1. The molecule has 1 aliphatic rings. The maximum Gasteiger partial charge on any atom is 0.262 e. The first-order valence-electron chi connectivity index (χ1n) is 9.54. The number of nitrogens with one attached hydrogen (secondary N) is 2. The van der Waals surface area contributed by atoms with Gasteiger partial charge in [0.05, 0.1) is 21.7 Å². The fourth-order valence-corrected chi connectivity index (χ4v) is 3.46. The molecule has 2 N–H and O–H groups in total. The number of rotatable bonds is 8. The van der Waals surface area contributed by atoms with Crippen LogP contribution in [0.25, 0.3) is 0 Å². The topological polar surface area (TPSA) is 87.7 Å². The molecule has 2 aromatic rings. The van der Waals surface area contributed by atoms with E-state index in [1.807, 2.05) is 0 Å². The number of anilines is 2. The summed E-state index contributed by atoms with van der Waals surface area (Å²) in [5, 5.41) is 5.95. The molecule has 7 nitrogen and oxygen atoms in total. The van der Waals surface area contributed by atoms with E-state index in [0.29, 0.717) is 35.2 Å². The Hall–Kier alpha value is -3.03. The van der Waals surface area contributed by atoms with Crippen molar-refractivity contribution in [2.24, 2.45) is 5.92 Å². The third-order valence-corrected chi connectivity index (χ3v) is 5.48. The Morgan fingerprint density at radius 3 is 2.65 bits per heavy atom. The Balaban J connectivity index is 1.54. The molecule has 0 saturated carbocycles. The van der Waals surface area contributed by atoms with Gasteiger partial charge in [-0.2, -0.15) is 0 Å². The first-order valence-corrected chi connectivity index (χ1v) is 10.3. The van der Waals surface area contributed by atoms with Crippen LogP contribution in [0.2, 0.25) is 10.0 Å². The van der Waals surface area contributed by atoms with E-state index in [1.54, 1.807) is 53.4 Å². The van der Waals surface area contributed by atoms with Gasteiger partial charge in [-0.3, -0.25) is 14.4 Å². The molecule has 0 aliphatic carbocycles. The highest BCUT2D eigenvalue weighted by atomic mass is 35.5. The smallest absolute Gasteiger partial charge is 0.262 e. The summed E-state index contributed by atoms with van der Waals surface area (Å²) in [5.41, 5.74) is 1.06. The molecule has 1 aliphatic heterocycles. The second-order valence-corrected chi connectivity index (χ2v) is 7.66. The lowest BCUT2D eigenvalue weighted by molar-refractivity contribution is -0.126. The van der Waals surface area contributed by atoms with Gasteiger partial charge in [0.25, 0.3) is 5.91 Å². The summed E-state index contributed by atoms with van der Waals surface area (Å²) >= 11 is 12.0. The molecule has 31 heavy (non-hydrogen) atoms. The van der Waals surface area contributed by atoms with Crippen molar-refractivity contribution in [2.75, 3.05) is 29.9 Å². The van der Waals surface area contributed by atoms with Gasteiger partial charge in [-0.15, -0.1) is 6.58 Å². The van der Waals surface area contributed by atoms with Crippen molar-refractivity contribution >= 4 is 52.3 Å². The molecule has 3 rings (SSSR count). The van der Waals surface area contributed by atoms with Crippen molar-refractivity contribution in [2.45, 2.75) is 6.42 Å². The van der Waals surface area contributed by atoms with Crippen molar-refractivity contribution in [3.8, 4) is 5.75 Å². The predicted octanol–water partition coefficient (Wildman–Crippen LogP) is 3.67. The van der Waals surface area contributed by atoms with E-state index in [2.05, 4.69) is 17.2 Å². The van der Waals surface area contributed by atoms with Gasteiger partial charge >= 0.3 is 0 Å². The quantitative estimate of drug-likeness (QED) is 0.587. The van der Waals surface area contributed by atoms with Crippen molar-refractivity contribution in [3.63, 3.8) is 0 Å². The number of carbonyl (C=O) groups is 3. The van der Waals surface area contributed by atoms with E-state index in [-0.39, 0.29) is 29.9 Å². The molecule has 0 bridgehead atoms. The van der Waals surface area contributed by atoms with Gasteiger partial charge in [0.15, 0.2) is 6.61 Å². The number of hydrogen-bond acceptors (Lipinski definition) is 4. The van der Waals surface area contributed by atoms with Crippen LogP contribution in [0.15, 0.2) is 55.1 Å². The van der Waals surface area contributed by atoms with Crippen LogP contribution >= 0.6 is 23.2 Å². The third-order valence-electron chi connectivity index (χ3n) is 4.66. The number of hydrogen-bond donors (Lipinski definition) is 2. The monoisotopic (exact) mass is 461 g/mol. The minimum Gasteiger partial charge on any atom is -0.484 e. The van der Waals surface area contributed by atoms with Gasteiger partial charge in [0, 0.05) is 25.2 Å². The minimum atomic E-state index is -0.398. The zero-order chi connectivity index (χ0) is 22.4. The van der Waals surface area contributed by atoms with Gasteiger partial charge < -0.3 is 20.3 Å². The molecule has 9 heteroatoms. The number of benzene rings is 2. The average molecular weight is 462 g/mol. The molecular formula is C22H21Cl2N3O4. The fourth-order valence-electron chi connectivity index (χ4n) is 3.11. The molecule has 1 heterocycles. The van der Waals surface area contributed by atoms with Crippen LogP contribution in [0.1, 0.15) is 6.42 Å². The van der Waals surface area contributed by atoms with Crippen LogP contribution in [0.5, 0.6) is 5.75 Å². The summed E-state index contributed by atoms with van der Waals surface area (Å²) in [6.45, 7) is 4.01. The molecule has 1 unspecified atom stereocenters. The first-order chi connectivity index (χ1) is 14.9. The molecule has 0 spiro atoms. The molecule has 3 amide bonds. The lowest BCUT2D eigenvalue weighted by Gasteiger charge is -2.17. The Morgan fingerprint density at radius 2 is 1.94 bits per heavy atom. The molecule has 0 aromatic heterocycles. The number of halogens is 2. The van der Waals surface area contributed by atoms with E-state index in [4.69, 9.17) is 27.9 Å². The first kappa shape index (κ1) is 22.7. The zero-order valence-corrected chi connectivity index (χ0v) is 18.1. The van der Waals surface area contributed by atoms with Gasteiger partial charge in [0.2, 0.25) is 11.8 Å². The maximum absolute atomic E-state index is 12.3. The highest BCUT2D eigenvalue weighted by Gasteiger charge is 2.34. The standard InChI is InChI=1S/C22H21Cl2N3O4/c1-2-10-25-22(30)14-11-20(29)27(12-14)15-6-8-16(9-7-15)31-13-19(28)26-18-5-3-4-17(23)21(18)24/h2-9,14H,1,10-13H2,(H,25,30)(H,26,28). The van der Waals surface area contributed by atoms with Crippen molar-refractivity contribution in [1.29, 1.82) is 0 Å². The molecule has 0 radical (unpaired) electrons. The van der Waals surface area contributed by atoms with E-state index in [1.165, 1.54) is 0 Å². The summed E-state index contributed by atoms with van der Waals surface area (Å²) in [5.74, 6) is -0.614. The maximum atomic E-state index is 12.3. The third kappa shape index (κ3) is 5.77. The van der Waals surface area contributed by atoms with Crippen molar-refractivity contribution in [1.82, 2.24) is 5.32 Å². The fraction of sp³-hybridized carbons (Fsp3) is 0.227. The van der Waals surface area contributed by atoms with Crippen LogP contribution in [-0.4, -0.2) is 37.4 Å². The van der Waals surface area contributed by atoms with Crippen LogP contribution < -0.4 is 20.3 Å². The Kier molecular flexibility index (Phi) is 7.55. The van der Waals surface area contributed by atoms with Crippen LogP contribution in [-0.2, 0) is 14.4 Å². The Bertz CT molecular complexity index is 995. The summed E-state index contributed by atoms with van der Waals surface area (Å²) < 4.78 is 5.49. The summed E-state index contributed by atoms with van der Waals surface area (Å²) in [4.78, 5) is 38.1. The summed E-state index contributed by atoms with van der Waals surface area (Å²) in [6.07, 6.45) is 1.75. The molecule has 1 fully saturated rings. The molecule has 1 saturated heterocycles. The largest absolute Gasteiger partial charge is 0.484 e. The van der Waals surface area contributed by atoms with Crippen molar-refractivity contribution in [3.05, 3.63) is 65.2 Å². The highest BCUT2D eigenvalue weighted by molar-refractivity contribution is 6.44. The van der Waals surface area contributed by atoms with Gasteiger partial charge in [-0.1, -0.05) is 35.3 Å². The molecule has 1 atom stereocenters. The van der Waals surface area contributed by atoms with E-state index < -0.39 is 11.8 Å². The zero-order valence-electron chi connectivity index (χ0n) is 16.6. The lowest BCUT2D eigenvalue weighted by Crippen LogP contribution is -2.32. The normalized spacial score (nSPS) is 15.5. The SMILES string of the molecule is C=CCNC(=O)C1CC(=O)N(c2ccc(OCC(=O)Nc3cccc(Cl)c3Cl)cc2)C1. The Labute approximate surface area is 190 Å². The second-order valence-electron chi connectivity index (χ2n) is 6.87. The summed E-state index contributed by atoms with van der Waals surface area (Å²) in [7, 11) is 0. The van der Waals surface area contributed by atoms with E-state index in [0.717, 1.165) is 0 Å². The molecule has 162 valence electrons. The predicted molar refractivity (Wildman–Crippen MR) is 121 cm³/mol. The van der Waals surface area contributed by atoms with Gasteiger partial charge in [0.1, 0.15) is 5.75 Å². The van der Waals surface area contributed by atoms with E-state index >= 15 is 0 Å².